The van der Waals surface area contributed by atoms with Crippen LogP contribution >= 0.6 is 0 Å². The molecular formula is C14H22N2O4. The average molecular weight is 282 g/mol. The molecule has 1 rings (SSSR count). The minimum Gasteiger partial charge on any atom is -0.489 e. The van der Waals surface area contributed by atoms with Crippen molar-refractivity contribution in [3.05, 3.63) is 23.8 Å². The van der Waals surface area contributed by atoms with Gasteiger partial charge in [-0.1, -0.05) is 6.07 Å². The first kappa shape index (κ1) is 16.3. The smallest absolute Gasteiger partial charge is 0.319 e. The van der Waals surface area contributed by atoms with Crippen LogP contribution in [0.4, 0.5) is 10.5 Å². The van der Waals surface area contributed by atoms with Crippen molar-refractivity contribution in [2.24, 2.45) is 0 Å². The predicted molar refractivity (Wildman–Crippen MR) is 77.4 cm³/mol. The second-order valence-electron chi connectivity index (χ2n) is 4.21. The highest BCUT2D eigenvalue weighted by Crippen LogP contribution is 2.25. The number of amides is 2. The Balaban J connectivity index is 2.60. The molecule has 6 heteroatoms. The Morgan fingerprint density at radius 1 is 1.15 bits per heavy atom. The zero-order valence-corrected chi connectivity index (χ0v) is 12.2. The van der Waals surface area contributed by atoms with E-state index in [-0.39, 0.29) is 6.03 Å². The summed E-state index contributed by atoms with van der Waals surface area (Å²) in [6, 6.07) is 5.31. The fourth-order valence-electron chi connectivity index (χ4n) is 1.52. The summed E-state index contributed by atoms with van der Waals surface area (Å²) in [7, 11) is 3.20. The van der Waals surface area contributed by atoms with E-state index in [1.54, 1.807) is 14.2 Å². The Morgan fingerprint density at radius 2 is 1.90 bits per heavy atom. The standard InChI is InChI=1S/C14H22N2O4/c1-11-4-5-12(13(10-11)20-9-8-19-3)16-14(17)15-6-7-18-2/h4-5,10H,6-9H2,1-3H3,(H2,15,16,17). The molecule has 20 heavy (non-hydrogen) atoms. The van der Waals surface area contributed by atoms with Crippen LogP contribution in [0.25, 0.3) is 0 Å². The van der Waals surface area contributed by atoms with Crippen LogP contribution in [0.15, 0.2) is 18.2 Å². The van der Waals surface area contributed by atoms with Crippen LogP contribution in [-0.4, -0.2) is 46.6 Å². The summed E-state index contributed by atoms with van der Waals surface area (Å²) in [4.78, 5) is 11.7. The maximum absolute atomic E-state index is 11.7. The Bertz CT molecular complexity index is 424. The van der Waals surface area contributed by atoms with Crippen molar-refractivity contribution in [1.29, 1.82) is 0 Å². The molecule has 6 nitrogen and oxygen atoms in total. The van der Waals surface area contributed by atoms with Crippen molar-refractivity contribution >= 4 is 11.7 Å². The van der Waals surface area contributed by atoms with Gasteiger partial charge in [0.2, 0.25) is 0 Å². The van der Waals surface area contributed by atoms with E-state index in [4.69, 9.17) is 14.2 Å². The van der Waals surface area contributed by atoms with Crippen molar-refractivity contribution in [3.63, 3.8) is 0 Å². The summed E-state index contributed by atoms with van der Waals surface area (Å²) in [6.45, 7) is 3.81. The third-order valence-electron chi connectivity index (χ3n) is 2.52. The van der Waals surface area contributed by atoms with Crippen molar-refractivity contribution in [2.45, 2.75) is 6.92 Å². The van der Waals surface area contributed by atoms with E-state index in [2.05, 4.69) is 10.6 Å². The molecule has 0 unspecified atom stereocenters. The fraction of sp³-hybridized carbons (Fsp3) is 0.500. The number of ether oxygens (including phenoxy) is 3. The van der Waals surface area contributed by atoms with Gasteiger partial charge < -0.3 is 24.8 Å². The predicted octanol–water partition coefficient (Wildman–Crippen LogP) is 1.79. The zero-order chi connectivity index (χ0) is 14.8. The number of anilines is 1. The molecular weight excluding hydrogens is 260 g/mol. The van der Waals surface area contributed by atoms with Gasteiger partial charge in [0.05, 0.1) is 18.9 Å². The first-order chi connectivity index (χ1) is 9.67. The Morgan fingerprint density at radius 3 is 2.60 bits per heavy atom. The lowest BCUT2D eigenvalue weighted by atomic mass is 10.2. The molecule has 0 spiro atoms. The van der Waals surface area contributed by atoms with Gasteiger partial charge in [0.15, 0.2) is 0 Å². The number of nitrogens with one attached hydrogen (secondary N) is 2. The number of carbonyl (C=O) groups excluding carboxylic acids is 1. The van der Waals surface area contributed by atoms with Crippen LogP contribution in [-0.2, 0) is 9.47 Å². The van der Waals surface area contributed by atoms with Crippen LogP contribution in [0.3, 0.4) is 0 Å². The van der Waals surface area contributed by atoms with Gasteiger partial charge in [-0.05, 0) is 24.6 Å². The largest absolute Gasteiger partial charge is 0.489 e. The molecule has 0 aliphatic heterocycles. The lowest BCUT2D eigenvalue weighted by Crippen LogP contribution is -2.31. The van der Waals surface area contributed by atoms with Gasteiger partial charge in [-0.3, -0.25) is 0 Å². The van der Waals surface area contributed by atoms with Crippen LogP contribution in [0.1, 0.15) is 5.56 Å². The van der Waals surface area contributed by atoms with E-state index in [9.17, 15) is 4.79 Å². The van der Waals surface area contributed by atoms with Crippen LogP contribution in [0.5, 0.6) is 5.75 Å². The van der Waals surface area contributed by atoms with Crippen molar-refractivity contribution in [3.8, 4) is 5.75 Å². The number of aryl methyl sites for hydroxylation is 1. The first-order valence-corrected chi connectivity index (χ1v) is 6.43. The molecule has 0 bridgehead atoms. The number of rotatable bonds is 8. The third kappa shape index (κ3) is 5.90. The number of benzene rings is 1. The first-order valence-electron chi connectivity index (χ1n) is 6.43. The monoisotopic (exact) mass is 282 g/mol. The second-order valence-corrected chi connectivity index (χ2v) is 4.21. The summed E-state index contributed by atoms with van der Waals surface area (Å²) in [6.07, 6.45) is 0. The molecule has 112 valence electrons. The normalized spacial score (nSPS) is 10.2. The summed E-state index contributed by atoms with van der Waals surface area (Å²) < 4.78 is 15.4. The summed E-state index contributed by atoms with van der Waals surface area (Å²) in [5, 5.41) is 5.44. The molecule has 0 saturated heterocycles. The molecule has 0 radical (unpaired) electrons. The molecule has 0 aliphatic rings. The second kappa shape index (κ2) is 9.17. The minimum atomic E-state index is -0.289. The highest BCUT2D eigenvalue weighted by atomic mass is 16.5. The number of carbonyl (C=O) groups is 1. The zero-order valence-electron chi connectivity index (χ0n) is 12.2. The molecule has 2 amide bonds. The van der Waals surface area contributed by atoms with E-state index in [0.717, 1.165) is 5.56 Å². The van der Waals surface area contributed by atoms with Gasteiger partial charge in [0.1, 0.15) is 12.4 Å². The number of hydrogen-bond donors (Lipinski definition) is 2. The lowest BCUT2D eigenvalue weighted by Gasteiger charge is -2.13. The SMILES string of the molecule is COCCNC(=O)Nc1ccc(C)cc1OCCOC. The van der Waals surface area contributed by atoms with Gasteiger partial charge in [0, 0.05) is 20.8 Å². The lowest BCUT2D eigenvalue weighted by molar-refractivity contribution is 0.146. The average Bonchev–Trinajstić information content (AvgIpc) is 2.42. The van der Waals surface area contributed by atoms with Gasteiger partial charge in [-0.2, -0.15) is 0 Å². The van der Waals surface area contributed by atoms with Gasteiger partial charge >= 0.3 is 6.03 Å². The topological polar surface area (TPSA) is 68.8 Å². The number of methoxy groups -OCH3 is 2. The quantitative estimate of drug-likeness (QED) is 0.713. The van der Waals surface area contributed by atoms with Gasteiger partial charge in [-0.25, -0.2) is 4.79 Å². The molecule has 1 aromatic rings. The third-order valence-corrected chi connectivity index (χ3v) is 2.52. The van der Waals surface area contributed by atoms with E-state index in [1.807, 2.05) is 25.1 Å². The Kier molecular flexibility index (Phi) is 7.46. The molecule has 0 saturated carbocycles. The van der Waals surface area contributed by atoms with Gasteiger partial charge in [-0.15, -0.1) is 0 Å². The summed E-state index contributed by atoms with van der Waals surface area (Å²) >= 11 is 0. The summed E-state index contributed by atoms with van der Waals surface area (Å²) in [5.74, 6) is 0.629. The van der Waals surface area contributed by atoms with Gasteiger partial charge in [0.25, 0.3) is 0 Å². The molecule has 0 fully saturated rings. The Hall–Kier alpha value is -1.79. The highest BCUT2D eigenvalue weighted by Gasteiger charge is 2.08. The highest BCUT2D eigenvalue weighted by molar-refractivity contribution is 5.90. The van der Waals surface area contributed by atoms with Crippen molar-refractivity contribution in [2.75, 3.05) is 45.9 Å². The van der Waals surface area contributed by atoms with Crippen molar-refractivity contribution < 1.29 is 19.0 Å². The molecule has 0 aromatic heterocycles. The minimum absolute atomic E-state index is 0.289. The van der Waals surface area contributed by atoms with E-state index < -0.39 is 0 Å². The Labute approximate surface area is 119 Å². The maximum Gasteiger partial charge on any atom is 0.319 e. The maximum atomic E-state index is 11.7. The molecule has 0 atom stereocenters. The van der Waals surface area contributed by atoms with E-state index >= 15 is 0 Å². The summed E-state index contributed by atoms with van der Waals surface area (Å²) in [5.41, 5.74) is 1.68. The van der Waals surface area contributed by atoms with E-state index in [0.29, 0.717) is 37.8 Å². The van der Waals surface area contributed by atoms with Crippen molar-refractivity contribution in [1.82, 2.24) is 5.32 Å². The fourth-order valence-corrected chi connectivity index (χ4v) is 1.52. The van der Waals surface area contributed by atoms with Crippen LogP contribution in [0.2, 0.25) is 0 Å². The number of hydrogen-bond acceptors (Lipinski definition) is 4. The van der Waals surface area contributed by atoms with Crippen LogP contribution in [0, 0.1) is 6.92 Å². The van der Waals surface area contributed by atoms with E-state index in [1.165, 1.54) is 0 Å². The number of urea groups is 1. The molecule has 0 aliphatic carbocycles. The molecule has 0 heterocycles. The van der Waals surface area contributed by atoms with Crippen LogP contribution < -0.4 is 15.4 Å². The molecule has 2 N–H and O–H groups in total. The molecule has 1 aromatic carbocycles.